The van der Waals surface area contributed by atoms with Crippen LogP contribution < -0.4 is 15.5 Å². The van der Waals surface area contributed by atoms with Crippen LogP contribution in [0.15, 0.2) is 28.7 Å². The first-order chi connectivity index (χ1) is 11.7. The van der Waals surface area contributed by atoms with E-state index in [0.29, 0.717) is 19.5 Å². The lowest BCUT2D eigenvalue weighted by Crippen LogP contribution is -2.47. The minimum absolute atomic E-state index is 0. The Morgan fingerprint density at radius 2 is 1.96 bits per heavy atom. The topological polar surface area (TPSA) is 64.7 Å². The largest absolute Gasteiger partial charge is 0.354 e. The zero-order chi connectivity index (χ0) is 16.9. The Kier molecular flexibility index (Phi) is 7.68. The first kappa shape index (κ1) is 20.2. The number of para-hydroxylation sites is 1. The summed E-state index contributed by atoms with van der Waals surface area (Å²) in [6, 6.07) is 7.61. The van der Waals surface area contributed by atoms with Gasteiger partial charge in [0.1, 0.15) is 5.92 Å². The van der Waals surface area contributed by atoms with Crippen molar-refractivity contribution >= 4 is 45.8 Å². The highest BCUT2D eigenvalue weighted by atomic mass is 79.9. The van der Waals surface area contributed by atoms with Crippen molar-refractivity contribution in [2.75, 3.05) is 50.7 Å². The number of halogens is 2. The summed E-state index contributed by atoms with van der Waals surface area (Å²) in [7, 11) is 0. The molecule has 0 saturated carbocycles. The fourth-order valence-electron chi connectivity index (χ4n) is 3.23. The Morgan fingerprint density at radius 1 is 1.24 bits per heavy atom. The van der Waals surface area contributed by atoms with Gasteiger partial charge in [0.05, 0.1) is 5.69 Å². The van der Waals surface area contributed by atoms with Crippen LogP contribution in [-0.2, 0) is 9.59 Å². The summed E-state index contributed by atoms with van der Waals surface area (Å²) >= 11 is 3.47. The third kappa shape index (κ3) is 4.94. The molecule has 0 spiro atoms. The van der Waals surface area contributed by atoms with Gasteiger partial charge < -0.3 is 15.5 Å². The monoisotopic (exact) mass is 430 g/mol. The smallest absolute Gasteiger partial charge is 0.239 e. The van der Waals surface area contributed by atoms with E-state index in [-0.39, 0.29) is 24.2 Å². The molecule has 1 aromatic rings. The van der Waals surface area contributed by atoms with Crippen LogP contribution in [0.4, 0.5) is 5.69 Å². The van der Waals surface area contributed by atoms with Crippen LogP contribution in [0.25, 0.3) is 0 Å². The maximum Gasteiger partial charge on any atom is 0.239 e. The molecule has 138 valence electrons. The van der Waals surface area contributed by atoms with Gasteiger partial charge in [-0.2, -0.15) is 0 Å². The molecule has 2 aliphatic heterocycles. The Morgan fingerprint density at radius 3 is 2.68 bits per heavy atom. The lowest BCUT2D eigenvalue weighted by Gasteiger charge is -2.27. The molecule has 2 fully saturated rings. The molecule has 1 unspecified atom stereocenters. The standard InChI is InChI=1S/C17H23BrN4O2.ClH/c18-14-3-1-2-4-15(14)22-9-5-13(17(22)24)16(23)20-8-12-21-10-6-19-7-11-21;/h1-4,13,19H,5-12H2,(H,20,23);1H. The molecule has 3 rings (SSSR count). The zero-order valence-corrected chi connectivity index (χ0v) is 16.4. The minimum Gasteiger partial charge on any atom is -0.354 e. The predicted octanol–water partition coefficient (Wildman–Crippen LogP) is 1.25. The molecule has 0 aliphatic carbocycles. The molecule has 2 heterocycles. The number of rotatable bonds is 5. The van der Waals surface area contributed by atoms with Crippen molar-refractivity contribution in [3.8, 4) is 0 Å². The van der Waals surface area contributed by atoms with Crippen LogP contribution in [0.1, 0.15) is 6.42 Å². The molecule has 0 radical (unpaired) electrons. The molecular weight excluding hydrogens is 408 g/mol. The second kappa shape index (κ2) is 9.52. The third-order valence-corrected chi connectivity index (χ3v) is 5.27. The molecule has 25 heavy (non-hydrogen) atoms. The van der Waals surface area contributed by atoms with Crippen molar-refractivity contribution in [1.29, 1.82) is 0 Å². The van der Waals surface area contributed by atoms with Crippen molar-refractivity contribution in [3.05, 3.63) is 28.7 Å². The molecule has 2 saturated heterocycles. The second-order valence-corrected chi connectivity index (χ2v) is 7.02. The van der Waals surface area contributed by atoms with Gasteiger partial charge in [-0.3, -0.25) is 14.5 Å². The number of amides is 2. The van der Waals surface area contributed by atoms with Gasteiger partial charge >= 0.3 is 0 Å². The number of piperazine rings is 1. The molecule has 2 aliphatic rings. The summed E-state index contributed by atoms with van der Waals surface area (Å²) in [4.78, 5) is 29.0. The number of hydrogen-bond donors (Lipinski definition) is 2. The molecule has 1 aromatic carbocycles. The van der Waals surface area contributed by atoms with E-state index in [0.717, 1.165) is 42.9 Å². The average molecular weight is 432 g/mol. The first-order valence-corrected chi connectivity index (χ1v) is 9.23. The van der Waals surface area contributed by atoms with Gasteiger partial charge in [0, 0.05) is 50.3 Å². The Bertz CT molecular complexity index is 610. The molecule has 2 N–H and O–H groups in total. The van der Waals surface area contributed by atoms with E-state index >= 15 is 0 Å². The number of anilines is 1. The van der Waals surface area contributed by atoms with E-state index in [9.17, 15) is 9.59 Å². The summed E-state index contributed by atoms with van der Waals surface area (Å²) in [5.74, 6) is -0.827. The predicted molar refractivity (Wildman–Crippen MR) is 104 cm³/mol. The number of nitrogens with one attached hydrogen (secondary N) is 2. The molecule has 0 aromatic heterocycles. The van der Waals surface area contributed by atoms with Crippen molar-refractivity contribution in [2.24, 2.45) is 5.92 Å². The molecule has 6 nitrogen and oxygen atoms in total. The lowest BCUT2D eigenvalue weighted by atomic mass is 10.1. The highest BCUT2D eigenvalue weighted by molar-refractivity contribution is 9.10. The average Bonchev–Trinajstić information content (AvgIpc) is 2.98. The van der Waals surface area contributed by atoms with Crippen molar-refractivity contribution in [3.63, 3.8) is 0 Å². The van der Waals surface area contributed by atoms with Crippen molar-refractivity contribution in [1.82, 2.24) is 15.5 Å². The van der Waals surface area contributed by atoms with E-state index in [1.165, 1.54) is 0 Å². The molecule has 0 bridgehead atoms. The number of nitrogens with zero attached hydrogens (tertiary/aromatic N) is 2. The summed E-state index contributed by atoms with van der Waals surface area (Å²) in [6.07, 6.45) is 0.569. The van der Waals surface area contributed by atoms with E-state index in [1.807, 2.05) is 24.3 Å². The third-order valence-electron chi connectivity index (χ3n) is 4.60. The van der Waals surface area contributed by atoms with Gasteiger partial charge in [0.25, 0.3) is 0 Å². The van der Waals surface area contributed by atoms with Crippen LogP contribution >= 0.6 is 28.3 Å². The quantitative estimate of drug-likeness (QED) is 0.689. The van der Waals surface area contributed by atoms with Crippen molar-refractivity contribution in [2.45, 2.75) is 6.42 Å². The number of carbonyl (C=O) groups excluding carboxylic acids is 2. The number of hydrogen-bond acceptors (Lipinski definition) is 4. The minimum atomic E-state index is -0.569. The van der Waals surface area contributed by atoms with Gasteiger partial charge in [-0.15, -0.1) is 12.4 Å². The Hall–Kier alpha value is -1.15. The Labute approximate surface area is 162 Å². The lowest BCUT2D eigenvalue weighted by molar-refractivity contribution is -0.132. The first-order valence-electron chi connectivity index (χ1n) is 8.43. The number of carbonyl (C=O) groups is 2. The number of benzene rings is 1. The fourth-order valence-corrected chi connectivity index (χ4v) is 3.73. The molecule has 8 heteroatoms. The summed E-state index contributed by atoms with van der Waals surface area (Å²) < 4.78 is 0.873. The fraction of sp³-hybridized carbons (Fsp3) is 0.529. The SMILES string of the molecule is Cl.O=C(NCCN1CCNCC1)C1CCN(c2ccccc2Br)C1=O. The van der Waals surface area contributed by atoms with E-state index in [2.05, 4.69) is 31.5 Å². The normalized spacial score (nSPS) is 21.1. The van der Waals surface area contributed by atoms with Crippen LogP contribution in [0.3, 0.4) is 0 Å². The van der Waals surface area contributed by atoms with E-state index in [4.69, 9.17) is 0 Å². The van der Waals surface area contributed by atoms with Gasteiger partial charge in [-0.05, 0) is 34.5 Å². The van der Waals surface area contributed by atoms with Crippen LogP contribution in [0, 0.1) is 5.92 Å². The van der Waals surface area contributed by atoms with E-state index < -0.39 is 5.92 Å². The highest BCUT2D eigenvalue weighted by Gasteiger charge is 2.37. The Balaban J connectivity index is 0.00000225. The summed E-state index contributed by atoms with van der Waals surface area (Å²) in [6.45, 7) is 6.02. The van der Waals surface area contributed by atoms with Crippen LogP contribution in [-0.4, -0.2) is 62.5 Å². The van der Waals surface area contributed by atoms with Gasteiger partial charge in [-0.25, -0.2) is 0 Å². The molecule has 1 atom stereocenters. The summed E-state index contributed by atoms with van der Waals surface area (Å²) in [5, 5.41) is 6.24. The maximum atomic E-state index is 12.6. The molecule has 2 amide bonds. The van der Waals surface area contributed by atoms with Crippen LogP contribution in [0.5, 0.6) is 0 Å². The second-order valence-electron chi connectivity index (χ2n) is 6.17. The maximum absolute atomic E-state index is 12.6. The summed E-state index contributed by atoms with van der Waals surface area (Å²) in [5.41, 5.74) is 0.832. The highest BCUT2D eigenvalue weighted by Crippen LogP contribution is 2.31. The van der Waals surface area contributed by atoms with E-state index in [1.54, 1.807) is 4.90 Å². The van der Waals surface area contributed by atoms with Gasteiger partial charge in [0.2, 0.25) is 11.8 Å². The van der Waals surface area contributed by atoms with Gasteiger partial charge in [-0.1, -0.05) is 12.1 Å². The van der Waals surface area contributed by atoms with Crippen molar-refractivity contribution < 1.29 is 9.59 Å². The van der Waals surface area contributed by atoms with Gasteiger partial charge in [0.15, 0.2) is 0 Å². The molecular formula is C17H24BrClN4O2. The van der Waals surface area contributed by atoms with Crippen LogP contribution in [0.2, 0.25) is 0 Å². The zero-order valence-electron chi connectivity index (χ0n) is 14.0.